The third kappa shape index (κ3) is 7.56. The molecule has 2 amide bonds. The van der Waals surface area contributed by atoms with Gasteiger partial charge in [-0.05, 0) is 52.5 Å². The highest BCUT2D eigenvalue weighted by atomic mass is 79.9. The van der Waals surface area contributed by atoms with Gasteiger partial charge in [0, 0.05) is 20.3 Å². The maximum Gasteiger partial charge on any atom is 0.329 e. The van der Waals surface area contributed by atoms with Crippen LogP contribution in [0.4, 0.5) is 0 Å². The Morgan fingerprint density at radius 3 is 2.75 bits per heavy atom. The molecule has 132 valence electrons. The molecule has 0 atom stereocenters. The van der Waals surface area contributed by atoms with E-state index < -0.39 is 11.8 Å². The molecule has 1 aromatic carbocycles. The zero-order valence-electron chi connectivity index (χ0n) is 13.8. The second kappa shape index (κ2) is 11.6. The molecule has 0 spiro atoms. The Bertz CT molecular complexity index is 578. The number of hydrogen-bond donors (Lipinski definition) is 2. The van der Waals surface area contributed by atoms with Crippen LogP contribution < -0.4 is 15.5 Å². The van der Waals surface area contributed by atoms with Gasteiger partial charge >= 0.3 is 11.8 Å². The topological polar surface area (TPSA) is 89.0 Å². The van der Waals surface area contributed by atoms with Gasteiger partial charge in [0.1, 0.15) is 5.75 Å². The van der Waals surface area contributed by atoms with Gasteiger partial charge in [-0.15, -0.1) is 0 Å². The van der Waals surface area contributed by atoms with E-state index in [0.717, 1.165) is 22.2 Å². The molecule has 1 rings (SSSR count). The van der Waals surface area contributed by atoms with E-state index in [1.807, 2.05) is 19.1 Å². The highest BCUT2D eigenvalue weighted by Gasteiger charge is 2.11. The number of carbonyl (C=O) groups excluding carboxylic acids is 2. The van der Waals surface area contributed by atoms with Crippen molar-refractivity contribution in [1.82, 2.24) is 10.7 Å². The molecular weight excluding hydrogens is 378 g/mol. The summed E-state index contributed by atoms with van der Waals surface area (Å²) in [5, 5.41) is 6.24. The van der Waals surface area contributed by atoms with Crippen molar-refractivity contribution in [3.63, 3.8) is 0 Å². The number of benzene rings is 1. The van der Waals surface area contributed by atoms with Crippen LogP contribution in [0, 0.1) is 0 Å². The van der Waals surface area contributed by atoms with Crippen molar-refractivity contribution < 1.29 is 19.1 Å². The first-order chi connectivity index (χ1) is 11.6. The predicted molar refractivity (Wildman–Crippen MR) is 95.2 cm³/mol. The SMILES string of the molecule is CCCOc1ccc(/C=N\NC(=O)C(=O)NCCCOC)cc1Br. The molecule has 0 saturated heterocycles. The quantitative estimate of drug-likeness (QED) is 0.287. The molecule has 0 bridgehead atoms. The van der Waals surface area contributed by atoms with Crippen molar-refractivity contribution in [2.24, 2.45) is 5.10 Å². The molecule has 0 saturated carbocycles. The van der Waals surface area contributed by atoms with Crippen LogP contribution in [0.2, 0.25) is 0 Å². The minimum Gasteiger partial charge on any atom is -0.492 e. The maximum atomic E-state index is 11.5. The van der Waals surface area contributed by atoms with Gasteiger partial charge in [-0.2, -0.15) is 5.10 Å². The van der Waals surface area contributed by atoms with Gasteiger partial charge in [0.05, 0.1) is 17.3 Å². The van der Waals surface area contributed by atoms with Gasteiger partial charge in [-0.1, -0.05) is 6.92 Å². The summed E-state index contributed by atoms with van der Waals surface area (Å²) in [5.74, 6) is -0.799. The van der Waals surface area contributed by atoms with Crippen LogP contribution in [-0.4, -0.2) is 44.9 Å². The molecule has 0 aliphatic carbocycles. The van der Waals surface area contributed by atoms with Crippen LogP contribution in [0.15, 0.2) is 27.8 Å². The number of hydrazone groups is 1. The number of carbonyl (C=O) groups is 2. The van der Waals surface area contributed by atoms with E-state index in [2.05, 4.69) is 31.8 Å². The number of nitrogens with one attached hydrogen (secondary N) is 2. The lowest BCUT2D eigenvalue weighted by atomic mass is 10.2. The van der Waals surface area contributed by atoms with Crippen LogP contribution in [-0.2, 0) is 14.3 Å². The summed E-state index contributed by atoms with van der Waals surface area (Å²) in [4.78, 5) is 23.0. The molecule has 0 aliphatic heterocycles. The van der Waals surface area contributed by atoms with Crippen LogP contribution >= 0.6 is 15.9 Å². The van der Waals surface area contributed by atoms with E-state index in [1.165, 1.54) is 6.21 Å². The normalized spacial score (nSPS) is 10.6. The van der Waals surface area contributed by atoms with E-state index in [1.54, 1.807) is 13.2 Å². The first-order valence-corrected chi connectivity index (χ1v) is 8.40. The summed E-state index contributed by atoms with van der Waals surface area (Å²) >= 11 is 3.41. The van der Waals surface area contributed by atoms with Gasteiger partial charge in [-0.25, -0.2) is 5.43 Å². The fraction of sp³-hybridized carbons (Fsp3) is 0.438. The van der Waals surface area contributed by atoms with Gasteiger partial charge in [-0.3, -0.25) is 9.59 Å². The summed E-state index contributed by atoms with van der Waals surface area (Å²) in [6.45, 7) is 3.57. The lowest BCUT2D eigenvalue weighted by Gasteiger charge is -2.07. The van der Waals surface area contributed by atoms with Gasteiger partial charge in [0.25, 0.3) is 0 Å². The second-order valence-corrected chi connectivity index (χ2v) is 5.69. The number of rotatable bonds is 9. The Hall–Kier alpha value is -1.93. The fourth-order valence-electron chi connectivity index (χ4n) is 1.64. The Labute approximate surface area is 149 Å². The summed E-state index contributed by atoms with van der Waals surface area (Å²) in [5.41, 5.74) is 2.94. The lowest BCUT2D eigenvalue weighted by Crippen LogP contribution is -2.38. The van der Waals surface area contributed by atoms with Crippen LogP contribution in [0.1, 0.15) is 25.3 Å². The highest BCUT2D eigenvalue weighted by Crippen LogP contribution is 2.25. The predicted octanol–water partition coefficient (Wildman–Crippen LogP) is 1.84. The second-order valence-electron chi connectivity index (χ2n) is 4.84. The average molecular weight is 400 g/mol. The monoisotopic (exact) mass is 399 g/mol. The van der Waals surface area contributed by atoms with Crippen LogP contribution in [0.5, 0.6) is 5.75 Å². The van der Waals surface area contributed by atoms with E-state index in [0.29, 0.717) is 26.2 Å². The van der Waals surface area contributed by atoms with Crippen molar-refractivity contribution in [3.8, 4) is 5.75 Å². The average Bonchev–Trinajstić information content (AvgIpc) is 2.57. The summed E-state index contributed by atoms with van der Waals surface area (Å²) in [7, 11) is 1.57. The Balaban J connectivity index is 2.44. The first kappa shape index (κ1) is 20.1. The zero-order chi connectivity index (χ0) is 17.8. The minimum absolute atomic E-state index is 0.371. The number of ether oxygens (including phenoxy) is 2. The van der Waals surface area contributed by atoms with Gasteiger partial charge < -0.3 is 14.8 Å². The van der Waals surface area contributed by atoms with E-state index in [9.17, 15) is 9.59 Å². The maximum absolute atomic E-state index is 11.5. The summed E-state index contributed by atoms with van der Waals surface area (Å²) in [6.07, 6.45) is 3.01. The van der Waals surface area contributed by atoms with Crippen molar-refractivity contribution >= 4 is 34.0 Å². The van der Waals surface area contributed by atoms with Crippen molar-refractivity contribution in [2.45, 2.75) is 19.8 Å². The first-order valence-electron chi connectivity index (χ1n) is 7.61. The summed E-state index contributed by atoms with van der Waals surface area (Å²) in [6, 6.07) is 5.42. The third-order valence-electron chi connectivity index (χ3n) is 2.81. The molecule has 0 heterocycles. The Kier molecular flexibility index (Phi) is 9.71. The van der Waals surface area contributed by atoms with Crippen molar-refractivity contribution in [2.75, 3.05) is 26.9 Å². The summed E-state index contributed by atoms with van der Waals surface area (Å²) < 4.78 is 11.2. The molecule has 1 aromatic rings. The van der Waals surface area contributed by atoms with E-state index >= 15 is 0 Å². The van der Waals surface area contributed by atoms with Crippen molar-refractivity contribution in [3.05, 3.63) is 28.2 Å². The lowest BCUT2D eigenvalue weighted by molar-refractivity contribution is -0.139. The van der Waals surface area contributed by atoms with Crippen LogP contribution in [0.25, 0.3) is 0 Å². The zero-order valence-corrected chi connectivity index (χ0v) is 15.4. The fourth-order valence-corrected chi connectivity index (χ4v) is 2.15. The van der Waals surface area contributed by atoms with Crippen molar-refractivity contribution in [1.29, 1.82) is 0 Å². The molecule has 0 aliphatic rings. The molecule has 2 N–H and O–H groups in total. The molecular formula is C16H22BrN3O4. The number of amides is 2. The van der Waals surface area contributed by atoms with E-state index in [-0.39, 0.29) is 0 Å². The number of hydrogen-bond acceptors (Lipinski definition) is 5. The Morgan fingerprint density at radius 1 is 1.29 bits per heavy atom. The van der Waals surface area contributed by atoms with Gasteiger partial charge in [0.15, 0.2) is 0 Å². The largest absolute Gasteiger partial charge is 0.492 e. The van der Waals surface area contributed by atoms with Crippen LogP contribution in [0.3, 0.4) is 0 Å². The molecule has 0 fully saturated rings. The molecule has 0 radical (unpaired) electrons. The smallest absolute Gasteiger partial charge is 0.329 e. The molecule has 7 nitrogen and oxygen atoms in total. The third-order valence-corrected chi connectivity index (χ3v) is 3.43. The molecule has 8 heteroatoms. The number of methoxy groups -OCH3 is 1. The minimum atomic E-state index is -0.814. The number of halogens is 1. The van der Waals surface area contributed by atoms with Gasteiger partial charge in [0.2, 0.25) is 0 Å². The van der Waals surface area contributed by atoms with E-state index in [4.69, 9.17) is 9.47 Å². The molecule has 24 heavy (non-hydrogen) atoms. The molecule has 0 unspecified atom stereocenters. The standard InChI is InChI=1S/C16H22BrN3O4/c1-3-8-24-14-6-5-12(10-13(14)17)11-19-20-16(22)15(21)18-7-4-9-23-2/h5-6,10-11H,3-4,7-9H2,1-2H3,(H,18,21)(H,20,22)/b19-11-. The highest BCUT2D eigenvalue weighted by molar-refractivity contribution is 9.10. The Morgan fingerprint density at radius 2 is 2.08 bits per heavy atom. The molecule has 0 aromatic heterocycles. The number of nitrogens with zero attached hydrogens (tertiary/aromatic N) is 1.